The number of rotatable bonds is 7. The molecule has 0 aliphatic heterocycles. The fourth-order valence-electron chi connectivity index (χ4n) is 2.04. The van der Waals surface area contributed by atoms with Gasteiger partial charge < -0.3 is 10.1 Å². The summed E-state index contributed by atoms with van der Waals surface area (Å²) < 4.78 is 5.11. The molecule has 0 fully saturated rings. The van der Waals surface area contributed by atoms with Crippen LogP contribution in [0.25, 0.3) is 0 Å². The van der Waals surface area contributed by atoms with Crippen LogP contribution in [0, 0.1) is 0 Å². The van der Waals surface area contributed by atoms with Gasteiger partial charge in [-0.05, 0) is 35.7 Å². The highest BCUT2D eigenvalue weighted by molar-refractivity contribution is 8.00. The first-order valence-corrected chi connectivity index (χ1v) is 8.26. The quantitative estimate of drug-likeness (QED) is 0.792. The Hall–Kier alpha value is -1.94. The molecule has 0 radical (unpaired) electrons. The number of benzene rings is 2. The van der Waals surface area contributed by atoms with Gasteiger partial charge in [0.15, 0.2) is 0 Å². The van der Waals surface area contributed by atoms with Crippen LogP contribution >= 0.6 is 11.8 Å². The maximum Gasteiger partial charge on any atom is 0.230 e. The monoisotopic (exact) mass is 315 g/mol. The smallest absolute Gasteiger partial charge is 0.230 e. The zero-order valence-corrected chi connectivity index (χ0v) is 13.7. The Morgan fingerprint density at radius 1 is 1.14 bits per heavy atom. The summed E-state index contributed by atoms with van der Waals surface area (Å²) in [5, 5.41) is 2.99. The van der Waals surface area contributed by atoms with Gasteiger partial charge in [0.1, 0.15) is 5.75 Å². The zero-order chi connectivity index (χ0) is 15.8. The number of hydrogen-bond acceptors (Lipinski definition) is 3. The van der Waals surface area contributed by atoms with E-state index < -0.39 is 0 Å². The average Bonchev–Trinajstić information content (AvgIpc) is 2.59. The minimum atomic E-state index is 0.0589. The van der Waals surface area contributed by atoms with Crippen LogP contribution in [0.5, 0.6) is 5.75 Å². The Labute approximate surface area is 136 Å². The number of amides is 1. The number of hydrogen-bond donors (Lipinski definition) is 1. The van der Waals surface area contributed by atoms with Crippen molar-refractivity contribution in [3.05, 3.63) is 60.2 Å². The number of thioether (sulfide) groups is 1. The topological polar surface area (TPSA) is 38.3 Å². The first kappa shape index (κ1) is 16.4. The Bertz CT molecular complexity index is 584. The van der Waals surface area contributed by atoms with Crippen molar-refractivity contribution in [1.82, 2.24) is 5.32 Å². The highest BCUT2D eigenvalue weighted by Crippen LogP contribution is 2.21. The molecule has 1 amide bonds. The van der Waals surface area contributed by atoms with Crippen molar-refractivity contribution in [1.29, 1.82) is 0 Å². The van der Waals surface area contributed by atoms with Gasteiger partial charge in [-0.25, -0.2) is 0 Å². The van der Waals surface area contributed by atoms with Crippen molar-refractivity contribution in [2.24, 2.45) is 0 Å². The molecule has 0 saturated carbocycles. The van der Waals surface area contributed by atoms with Crippen LogP contribution in [-0.2, 0) is 4.79 Å². The SMILES string of the molecule is COc1ccc(SCC(=O)NCC(C)c2ccccc2)cc1. The van der Waals surface area contributed by atoms with Crippen LogP contribution in [0.4, 0.5) is 0 Å². The highest BCUT2D eigenvalue weighted by atomic mass is 32.2. The first-order valence-electron chi connectivity index (χ1n) is 7.27. The molecule has 0 bridgehead atoms. The van der Waals surface area contributed by atoms with E-state index in [4.69, 9.17) is 4.74 Å². The van der Waals surface area contributed by atoms with Crippen LogP contribution < -0.4 is 10.1 Å². The van der Waals surface area contributed by atoms with Gasteiger partial charge in [0.2, 0.25) is 5.91 Å². The zero-order valence-electron chi connectivity index (χ0n) is 12.9. The molecule has 0 aliphatic carbocycles. The fourth-order valence-corrected chi connectivity index (χ4v) is 2.77. The number of methoxy groups -OCH3 is 1. The standard InChI is InChI=1S/C18H21NO2S/c1-14(15-6-4-3-5-7-15)12-19-18(20)13-22-17-10-8-16(21-2)9-11-17/h3-11,14H,12-13H2,1-2H3,(H,19,20). The van der Waals surface area contributed by atoms with Crippen molar-refractivity contribution in [2.75, 3.05) is 19.4 Å². The third-order valence-electron chi connectivity index (χ3n) is 3.40. The number of nitrogens with one attached hydrogen (secondary N) is 1. The molecular weight excluding hydrogens is 294 g/mol. The maximum atomic E-state index is 11.9. The lowest BCUT2D eigenvalue weighted by molar-refractivity contribution is -0.118. The molecule has 1 unspecified atom stereocenters. The molecule has 2 aromatic rings. The third kappa shape index (κ3) is 5.11. The molecule has 0 heterocycles. The molecule has 0 spiro atoms. The van der Waals surface area contributed by atoms with Gasteiger partial charge in [-0.15, -0.1) is 11.8 Å². The van der Waals surface area contributed by atoms with E-state index in [2.05, 4.69) is 24.4 Å². The van der Waals surface area contributed by atoms with Gasteiger partial charge in [0.25, 0.3) is 0 Å². The molecule has 2 rings (SSSR count). The number of carbonyl (C=O) groups excluding carboxylic acids is 1. The minimum Gasteiger partial charge on any atom is -0.497 e. The molecule has 22 heavy (non-hydrogen) atoms. The Kier molecular flexibility index (Phi) is 6.34. The van der Waals surface area contributed by atoms with Gasteiger partial charge in [0.05, 0.1) is 12.9 Å². The second-order valence-electron chi connectivity index (χ2n) is 5.08. The first-order chi connectivity index (χ1) is 10.7. The second kappa shape index (κ2) is 8.49. The van der Waals surface area contributed by atoms with E-state index in [-0.39, 0.29) is 5.91 Å². The molecule has 4 heteroatoms. The van der Waals surface area contributed by atoms with Crippen molar-refractivity contribution in [3.63, 3.8) is 0 Å². The summed E-state index contributed by atoms with van der Waals surface area (Å²) in [7, 11) is 1.64. The van der Waals surface area contributed by atoms with Crippen LogP contribution in [0.2, 0.25) is 0 Å². The summed E-state index contributed by atoms with van der Waals surface area (Å²) in [4.78, 5) is 13.0. The lowest BCUT2D eigenvalue weighted by atomic mass is 10.0. The Morgan fingerprint density at radius 3 is 2.45 bits per heavy atom. The summed E-state index contributed by atoms with van der Waals surface area (Å²) in [6.07, 6.45) is 0. The van der Waals surface area contributed by atoms with E-state index in [1.165, 1.54) is 17.3 Å². The molecule has 3 nitrogen and oxygen atoms in total. The van der Waals surface area contributed by atoms with E-state index in [1.54, 1.807) is 7.11 Å². The van der Waals surface area contributed by atoms with Crippen LogP contribution in [0.1, 0.15) is 18.4 Å². The normalized spacial score (nSPS) is 11.7. The number of carbonyl (C=O) groups is 1. The Balaban J connectivity index is 1.73. The summed E-state index contributed by atoms with van der Waals surface area (Å²) in [5.74, 6) is 1.62. The van der Waals surface area contributed by atoms with Crippen molar-refractivity contribution in [2.45, 2.75) is 17.7 Å². The van der Waals surface area contributed by atoms with Crippen LogP contribution in [-0.4, -0.2) is 25.3 Å². The van der Waals surface area contributed by atoms with Crippen molar-refractivity contribution >= 4 is 17.7 Å². The molecule has 0 aromatic heterocycles. The molecule has 2 aromatic carbocycles. The predicted octanol–water partition coefficient (Wildman–Crippen LogP) is 3.71. The molecule has 1 N–H and O–H groups in total. The highest BCUT2D eigenvalue weighted by Gasteiger charge is 2.08. The summed E-state index contributed by atoms with van der Waals surface area (Å²) in [6, 6.07) is 17.9. The third-order valence-corrected chi connectivity index (χ3v) is 4.42. The van der Waals surface area contributed by atoms with Gasteiger partial charge in [0, 0.05) is 11.4 Å². The second-order valence-corrected chi connectivity index (χ2v) is 6.13. The summed E-state index contributed by atoms with van der Waals surface area (Å²) in [6.45, 7) is 2.78. The number of ether oxygens (including phenoxy) is 1. The van der Waals surface area contributed by atoms with Gasteiger partial charge in [-0.1, -0.05) is 37.3 Å². The largest absolute Gasteiger partial charge is 0.497 e. The van der Waals surface area contributed by atoms with Crippen LogP contribution in [0.15, 0.2) is 59.5 Å². The molecular formula is C18H21NO2S. The van der Waals surface area contributed by atoms with E-state index in [1.807, 2.05) is 42.5 Å². The van der Waals surface area contributed by atoms with E-state index in [0.717, 1.165) is 10.6 Å². The molecule has 116 valence electrons. The van der Waals surface area contributed by atoms with E-state index in [9.17, 15) is 4.79 Å². The van der Waals surface area contributed by atoms with Crippen molar-refractivity contribution < 1.29 is 9.53 Å². The summed E-state index contributed by atoms with van der Waals surface area (Å²) in [5.41, 5.74) is 1.24. The minimum absolute atomic E-state index is 0.0589. The van der Waals surface area contributed by atoms with Crippen LogP contribution in [0.3, 0.4) is 0 Å². The Morgan fingerprint density at radius 2 is 1.82 bits per heavy atom. The van der Waals surface area contributed by atoms with Gasteiger partial charge >= 0.3 is 0 Å². The fraction of sp³-hybridized carbons (Fsp3) is 0.278. The van der Waals surface area contributed by atoms with Gasteiger partial charge in [-0.3, -0.25) is 4.79 Å². The molecule has 1 atom stereocenters. The maximum absolute atomic E-state index is 11.9. The lowest BCUT2D eigenvalue weighted by Crippen LogP contribution is -2.28. The van der Waals surface area contributed by atoms with E-state index >= 15 is 0 Å². The molecule has 0 saturated heterocycles. The van der Waals surface area contributed by atoms with Gasteiger partial charge in [-0.2, -0.15) is 0 Å². The molecule has 0 aliphatic rings. The average molecular weight is 315 g/mol. The lowest BCUT2D eigenvalue weighted by Gasteiger charge is -2.13. The van der Waals surface area contributed by atoms with E-state index in [0.29, 0.717) is 18.2 Å². The predicted molar refractivity (Wildman–Crippen MR) is 91.6 cm³/mol. The van der Waals surface area contributed by atoms with Crippen molar-refractivity contribution in [3.8, 4) is 5.75 Å². The summed E-state index contributed by atoms with van der Waals surface area (Å²) >= 11 is 1.53.